The van der Waals surface area contributed by atoms with Crippen molar-refractivity contribution >= 4 is 5.69 Å². The van der Waals surface area contributed by atoms with Crippen LogP contribution in [-0.4, -0.2) is 18.5 Å². The summed E-state index contributed by atoms with van der Waals surface area (Å²) in [5.41, 5.74) is 5.67. The Kier molecular flexibility index (Phi) is 3.24. The molecule has 1 aliphatic rings. The van der Waals surface area contributed by atoms with Gasteiger partial charge in [-0.1, -0.05) is 6.08 Å². The van der Waals surface area contributed by atoms with E-state index in [-0.39, 0.29) is 11.6 Å². The lowest BCUT2D eigenvalue weighted by Crippen LogP contribution is -2.19. The molecule has 1 atom stereocenters. The van der Waals surface area contributed by atoms with Gasteiger partial charge in [0.1, 0.15) is 0 Å². The summed E-state index contributed by atoms with van der Waals surface area (Å²) < 4.78 is 38.1. The van der Waals surface area contributed by atoms with Crippen LogP contribution in [0.1, 0.15) is 23.5 Å². The zero-order chi connectivity index (χ0) is 13.3. The van der Waals surface area contributed by atoms with E-state index in [1.807, 2.05) is 24.2 Å². The summed E-state index contributed by atoms with van der Waals surface area (Å²) in [5, 5.41) is 0. The van der Waals surface area contributed by atoms with Crippen molar-refractivity contribution in [1.29, 1.82) is 0 Å². The van der Waals surface area contributed by atoms with Crippen LogP contribution < -0.4 is 5.73 Å². The summed E-state index contributed by atoms with van der Waals surface area (Å²) in [6, 6.07) is 3.79. The van der Waals surface area contributed by atoms with Crippen LogP contribution in [-0.2, 0) is 6.18 Å². The highest BCUT2D eigenvalue weighted by Crippen LogP contribution is 2.34. The molecule has 1 aromatic carbocycles. The topological polar surface area (TPSA) is 29.3 Å². The number of allylic oxidation sites excluding steroid dienone is 1. The number of nitrogens with two attached hydrogens (primary N) is 1. The first kappa shape index (κ1) is 12.8. The van der Waals surface area contributed by atoms with Gasteiger partial charge in [0, 0.05) is 25.2 Å². The molecule has 1 unspecified atom stereocenters. The van der Waals surface area contributed by atoms with Crippen molar-refractivity contribution in [2.45, 2.75) is 18.5 Å². The average molecular weight is 256 g/mol. The van der Waals surface area contributed by atoms with Gasteiger partial charge in [0.05, 0.1) is 5.56 Å². The zero-order valence-electron chi connectivity index (χ0n) is 10.0. The maximum absolute atomic E-state index is 12.7. The number of benzene rings is 1. The summed E-state index contributed by atoms with van der Waals surface area (Å²) >= 11 is 0. The maximum atomic E-state index is 12.7. The van der Waals surface area contributed by atoms with E-state index >= 15 is 0 Å². The molecule has 0 spiro atoms. The number of rotatable bonds is 1. The standard InChI is InChI=1S/C13H15F3N2/c1-18-4-2-9(3-5-18)10-6-11(13(14,15)16)8-12(17)7-10/h2,4,6-9H,3,5,17H2,1H3. The van der Waals surface area contributed by atoms with Crippen LogP contribution >= 0.6 is 0 Å². The van der Waals surface area contributed by atoms with Crippen LogP contribution in [0.25, 0.3) is 0 Å². The summed E-state index contributed by atoms with van der Waals surface area (Å²) in [4.78, 5) is 2.01. The Labute approximate surface area is 104 Å². The van der Waals surface area contributed by atoms with E-state index < -0.39 is 11.7 Å². The molecule has 1 aliphatic heterocycles. The highest BCUT2D eigenvalue weighted by atomic mass is 19.4. The fourth-order valence-electron chi connectivity index (χ4n) is 2.10. The molecule has 0 aromatic heterocycles. The Balaban J connectivity index is 2.34. The van der Waals surface area contributed by atoms with Gasteiger partial charge in [-0.2, -0.15) is 13.2 Å². The second kappa shape index (κ2) is 4.55. The molecule has 18 heavy (non-hydrogen) atoms. The van der Waals surface area contributed by atoms with Gasteiger partial charge in [-0.05, 0) is 36.4 Å². The molecule has 0 saturated carbocycles. The molecule has 98 valence electrons. The minimum atomic E-state index is -4.35. The lowest BCUT2D eigenvalue weighted by Gasteiger charge is -2.25. The van der Waals surface area contributed by atoms with Crippen LogP contribution in [0.5, 0.6) is 0 Å². The molecule has 0 radical (unpaired) electrons. The number of halogens is 3. The van der Waals surface area contributed by atoms with Gasteiger partial charge in [0.2, 0.25) is 0 Å². The van der Waals surface area contributed by atoms with Gasteiger partial charge in [-0.3, -0.25) is 0 Å². The molecule has 2 N–H and O–H groups in total. The van der Waals surface area contributed by atoms with Crippen LogP contribution in [0.4, 0.5) is 18.9 Å². The second-order valence-electron chi connectivity index (χ2n) is 4.60. The van der Waals surface area contributed by atoms with E-state index in [2.05, 4.69) is 0 Å². The third-order valence-corrected chi connectivity index (χ3v) is 3.10. The third kappa shape index (κ3) is 2.78. The van der Waals surface area contributed by atoms with E-state index in [1.165, 1.54) is 6.07 Å². The van der Waals surface area contributed by atoms with E-state index in [9.17, 15) is 13.2 Å². The van der Waals surface area contributed by atoms with Crippen molar-refractivity contribution in [3.05, 3.63) is 41.6 Å². The first-order valence-corrected chi connectivity index (χ1v) is 5.72. The number of hydrogen-bond acceptors (Lipinski definition) is 2. The first-order chi connectivity index (χ1) is 8.36. The Morgan fingerprint density at radius 3 is 2.56 bits per heavy atom. The Hall–Kier alpha value is -1.65. The van der Waals surface area contributed by atoms with Gasteiger partial charge in [-0.25, -0.2) is 0 Å². The van der Waals surface area contributed by atoms with Crippen molar-refractivity contribution in [2.75, 3.05) is 19.3 Å². The molecule has 0 bridgehead atoms. The van der Waals surface area contributed by atoms with Crippen molar-refractivity contribution < 1.29 is 13.2 Å². The molecule has 2 nitrogen and oxygen atoms in total. The number of alkyl halides is 3. The largest absolute Gasteiger partial charge is 0.416 e. The van der Waals surface area contributed by atoms with Crippen LogP contribution in [0.15, 0.2) is 30.5 Å². The van der Waals surface area contributed by atoms with E-state index in [0.29, 0.717) is 5.56 Å². The number of nitrogens with zero attached hydrogens (tertiary/aromatic N) is 1. The maximum Gasteiger partial charge on any atom is 0.416 e. The molecule has 0 fully saturated rings. The van der Waals surface area contributed by atoms with Crippen LogP contribution in [0.2, 0.25) is 0 Å². The van der Waals surface area contributed by atoms with Gasteiger partial charge >= 0.3 is 6.18 Å². The highest BCUT2D eigenvalue weighted by molar-refractivity contribution is 5.47. The monoisotopic (exact) mass is 256 g/mol. The van der Waals surface area contributed by atoms with Crippen molar-refractivity contribution in [1.82, 2.24) is 4.90 Å². The number of hydrogen-bond donors (Lipinski definition) is 1. The molecular weight excluding hydrogens is 241 g/mol. The van der Waals surface area contributed by atoms with Gasteiger partial charge in [0.15, 0.2) is 0 Å². The second-order valence-corrected chi connectivity index (χ2v) is 4.60. The Bertz CT molecular complexity index is 466. The third-order valence-electron chi connectivity index (χ3n) is 3.10. The summed E-state index contributed by atoms with van der Waals surface area (Å²) in [6.07, 6.45) is 0.260. The minimum absolute atomic E-state index is 0.00537. The summed E-state index contributed by atoms with van der Waals surface area (Å²) in [6.45, 7) is 0.831. The van der Waals surface area contributed by atoms with Crippen LogP contribution in [0.3, 0.4) is 0 Å². The highest BCUT2D eigenvalue weighted by Gasteiger charge is 2.31. The predicted octanol–water partition coefficient (Wildman–Crippen LogP) is 3.22. The lowest BCUT2D eigenvalue weighted by atomic mass is 9.92. The van der Waals surface area contributed by atoms with Crippen molar-refractivity contribution in [2.24, 2.45) is 0 Å². The molecule has 2 rings (SSSR count). The molecule has 0 aliphatic carbocycles. The van der Waals surface area contributed by atoms with Crippen LogP contribution in [0, 0.1) is 0 Å². The number of nitrogen functional groups attached to an aromatic ring is 1. The predicted molar refractivity (Wildman–Crippen MR) is 65.0 cm³/mol. The van der Waals surface area contributed by atoms with E-state index in [1.54, 1.807) is 6.07 Å². The smallest absolute Gasteiger partial charge is 0.399 e. The molecule has 1 aromatic rings. The Morgan fingerprint density at radius 1 is 1.28 bits per heavy atom. The summed E-state index contributed by atoms with van der Waals surface area (Å²) in [5.74, 6) is 0.00537. The normalized spacial score (nSPS) is 20.2. The zero-order valence-corrected chi connectivity index (χ0v) is 10.0. The number of anilines is 1. The quantitative estimate of drug-likeness (QED) is 0.782. The average Bonchev–Trinajstić information content (AvgIpc) is 2.28. The minimum Gasteiger partial charge on any atom is -0.399 e. The Morgan fingerprint density at radius 2 is 2.00 bits per heavy atom. The first-order valence-electron chi connectivity index (χ1n) is 5.72. The molecule has 1 heterocycles. The van der Waals surface area contributed by atoms with Crippen molar-refractivity contribution in [3.8, 4) is 0 Å². The molecular formula is C13H15F3N2. The molecule has 0 amide bonds. The molecule has 5 heteroatoms. The fraction of sp³-hybridized carbons (Fsp3) is 0.385. The fourth-order valence-corrected chi connectivity index (χ4v) is 2.10. The SMILES string of the molecule is CN1C=CC(c2cc(N)cc(C(F)(F)F)c2)CC1. The lowest BCUT2D eigenvalue weighted by molar-refractivity contribution is -0.137. The van der Waals surface area contributed by atoms with Gasteiger partial charge in [-0.15, -0.1) is 0 Å². The van der Waals surface area contributed by atoms with Gasteiger partial charge < -0.3 is 10.6 Å². The molecule has 0 saturated heterocycles. The summed E-state index contributed by atoms with van der Waals surface area (Å²) in [7, 11) is 1.94. The van der Waals surface area contributed by atoms with E-state index in [4.69, 9.17) is 5.73 Å². The van der Waals surface area contributed by atoms with E-state index in [0.717, 1.165) is 19.0 Å². The van der Waals surface area contributed by atoms with Crippen molar-refractivity contribution in [3.63, 3.8) is 0 Å². The van der Waals surface area contributed by atoms with Gasteiger partial charge in [0.25, 0.3) is 0 Å².